The second kappa shape index (κ2) is 36.8. The average molecular weight is 543 g/mol. The molecule has 230 valence electrons. The lowest BCUT2D eigenvalue weighted by atomic mass is 10.1. The van der Waals surface area contributed by atoms with Crippen molar-refractivity contribution in [3.63, 3.8) is 0 Å². The van der Waals surface area contributed by atoms with Gasteiger partial charge in [-0.2, -0.15) is 0 Å². The molecule has 0 amide bonds. The van der Waals surface area contributed by atoms with E-state index < -0.39 is 0 Å². The fourth-order valence-electron chi connectivity index (χ4n) is 4.85. The van der Waals surface area contributed by atoms with Gasteiger partial charge < -0.3 is 18.9 Å². The van der Waals surface area contributed by atoms with Crippen LogP contribution in [-0.2, 0) is 18.9 Å². The molecule has 0 aliphatic carbocycles. The number of rotatable bonds is 35. The highest BCUT2D eigenvalue weighted by Crippen LogP contribution is 2.13. The van der Waals surface area contributed by atoms with Gasteiger partial charge in [-0.05, 0) is 12.8 Å². The number of unbranched alkanes of at least 4 members (excludes halogenated alkanes) is 22. The van der Waals surface area contributed by atoms with Crippen molar-refractivity contribution in [2.24, 2.45) is 0 Å². The van der Waals surface area contributed by atoms with Gasteiger partial charge in [0.15, 0.2) is 0 Å². The molecule has 0 rings (SSSR count). The minimum Gasteiger partial charge on any atom is -0.379 e. The Hall–Kier alpha value is -0.160. The quantitative estimate of drug-likeness (QED) is 0.0746. The molecular formula is C34H70O4. The Kier molecular flexibility index (Phi) is 36.7. The highest BCUT2D eigenvalue weighted by atomic mass is 16.6. The highest BCUT2D eigenvalue weighted by molar-refractivity contribution is 4.50. The molecule has 0 fully saturated rings. The molecule has 0 radical (unpaired) electrons. The topological polar surface area (TPSA) is 36.9 Å². The maximum atomic E-state index is 5.68. The van der Waals surface area contributed by atoms with Gasteiger partial charge in [-0.3, -0.25) is 0 Å². The Morgan fingerprint density at radius 3 is 0.632 bits per heavy atom. The molecule has 0 aromatic carbocycles. The largest absolute Gasteiger partial charge is 0.379 e. The molecule has 0 unspecified atom stereocenters. The van der Waals surface area contributed by atoms with Gasteiger partial charge >= 0.3 is 0 Å². The minimum absolute atomic E-state index is 0.640. The maximum Gasteiger partial charge on any atom is 0.0701 e. The maximum absolute atomic E-state index is 5.68. The van der Waals surface area contributed by atoms with Crippen LogP contribution in [0.4, 0.5) is 0 Å². The standard InChI is InChI=1S/C34H70O4/c1-3-5-7-9-11-13-15-17-19-21-23-25-27-35-29-31-37-33-34-38-32-30-36-28-26-24-22-20-18-16-14-12-10-8-6-4-2/h3-34H2,1-2H3. The summed E-state index contributed by atoms with van der Waals surface area (Å²) < 4.78 is 22.5. The van der Waals surface area contributed by atoms with Crippen LogP contribution in [0.5, 0.6) is 0 Å². The zero-order chi connectivity index (χ0) is 27.5. The first kappa shape index (κ1) is 37.8. The van der Waals surface area contributed by atoms with E-state index in [4.69, 9.17) is 18.9 Å². The van der Waals surface area contributed by atoms with Gasteiger partial charge in [-0.15, -0.1) is 0 Å². The Balaban J connectivity index is 3.01. The van der Waals surface area contributed by atoms with E-state index in [2.05, 4.69) is 13.8 Å². The van der Waals surface area contributed by atoms with Crippen molar-refractivity contribution in [2.75, 3.05) is 52.9 Å². The summed E-state index contributed by atoms with van der Waals surface area (Å²) in [5.74, 6) is 0. The van der Waals surface area contributed by atoms with Crippen LogP contribution in [0, 0.1) is 0 Å². The molecule has 0 heterocycles. The van der Waals surface area contributed by atoms with E-state index >= 15 is 0 Å². The number of hydrogen-bond donors (Lipinski definition) is 0. The lowest BCUT2D eigenvalue weighted by Gasteiger charge is -2.08. The Bertz CT molecular complexity index is 355. The zero-order valence-electron chi connectivity index (χ0n) is 26.3. The summed E-state index contributed by atoms with van der Waals surface area (Å²) in [6.07, 6.45) is 33.2. The molecule has 4 heteroatoms. The third-order valence-electron chi connectivity index (χ3n) is 7.40. The summed E-state index contributed by atoms with van der Waals surface area (Å²) in [6.45, 7) is 10.3. The molecule has 0 aromatic heterocycles. The van der Waals surface area contributed by atoms with Crippen molar-refractivity contribution in [1.29, 1.82) is 0 Å². The Morgan fingerprint density at radius 1 is 0.211 bits per heavy atom. The third kappa shape index (κ3) is 35.8. The monoisotopic (exact) mass is 543 g/mol. The first-order valence-electron chi connectivity index (χ1n) is 17.2. The molecular weight excluding hydrogens is 472 g/mol. The van der Waals surface area contributed by atoms with Gasteiger partial charge in [0.1, 0.15) is 0 Å². The summed E-state index contributed by atoms with van der Waals surface area (Å²) in [4.78, 5) is 0. The molecule has 0 saturated heterocycles. The summed E-state index contributed by atoms with van der Waals surface area (Å²) >= 11 is 0. The Morgan fingerprint density at radius 2 is 0.395 bits per heavy atom. The van der Waals surface area contributed by atoms with Crippen LogP contribution in [0.2, 0.25) is 0 Å². The number of hydrogen-bond acceptors (Lipinski definition) is 4. The van der Waals surface area contributed by atoms with Crippen molar-refractivity contribution < 1.29 is 18.9 Å². The van der Waals surface area contributed by atoms with Gasteiger partial charge in [0, 0.05) is 13.2 Å². The normalized spacial score (nSPS) is 11.5. The lowest BCUT2D eigenvalue weighted by Crippen LogP contribution is -2.12. The van der Waals surface area contributed by atoms with Crippen molar-refractivity contribution >= 4 is 0 Å². The molecule has 4 nitrogen and oxygen atoms in total. The molecule has 0 bridgehead atoms. The molecule has 0 spiro atoms. The second-order valence-electron chi connectivity index (χ2n) is 11.2. The van der Waals surface area contributed by atoms with Crippen LogP contribution >= 0.6 is 0 Å². The van der Waals surface area contributed by atoms with Crippen molar-refractivity contribution in [3.05, 3.63) is 0 Å². The molecule has 0 aliphatic rings. The molecule has 0 atom stereocenters. The fourth-order valence-corrected chi connectivity index (χ4v) is 4.85. The van der Waals surface area contributed by atoms with E-state index in [1.165, 1.54) is 154 Å². The van der Waals surface area contributed by atoms with Gasteiger partial charge in [0.05, 0.1) is 39.6 Å². The number of ether oxygens (including phenoxy) is 4. The Labute approximate surface area is 239 Å². The molecule has 0 saturated carbocycles. The second-order valence-corrected chi connectivity index (χ2v) is 11.2. The van der Waals surface area contributed by atoms with Crippen LogP contribution in [0.1, 0.15) is 168 Å². The predicted molar refractivity (Wildman–Crippen MR) is 165 cm³/mol. The first-order valence-corrected chi connectivity index (χ1v) is 17.2. The fraction of sp³-hybridized carbons (Fsp3) is 1.00. The summed E-state index contributed by atoms with van der Waals surface area (Å²) in [7, 11) is 0. The minimum atomic E-state index is 0.640. The van der Waals surface area contributed by atoms with E-state index in [1.807, 2.05) is 0 Å². The predicted octanol–water partition coefficient (Wildman–Crippen LogP) is 10.5. The summed E-state index contributed by atoms with van der Waals surface area (Å²) in [6, 6.07) is 0. The first-order chi connectivity index (χ1) is 18.9. The van der Waals surface area contributed by atoms with Gasteiger partial charge in [0.2, 0.25) is 0 Å². The molecule has 0 N–H and O–H groups in total. The van der Waals surface area contributed by atoms with Crippen molar-refractivity contribution in [2.45, 2.75) is 168 Å². The van der Waals surface area contributed by atoms with E-state index in [-0.39, 0.29) is 0 Å². The lowest BCUT2D eigenvalue weighted by molar-refractivity contribution is -0.00248. The van der Waals surface area contributed by atoms with Gasteiger partial charge in [-0.1, -0.05) is 155 Å². The van der Waals surface area contributed by atoms with Crippen molar-refractivity contribution in [3.8, 4) is 0 Å². The van der Waals surface area contributed by atoms with Crippen LogP contribution in [0.3, 0.4) is 0 Å². The average Bonchev–Trinajstić information content (AvgIpc) is 2.93. The third-order valence-corrected chi connectivity index (χ3v) is 7.40. The van der Waals surface area contributed by atoms with Crippen LogP contribution in [0.25, 0.3) is 0 Å². The SMILES string of the molecule is CCCCCCCCCCCCCCOCCOCCOCCOCCCCCCCCCCCCCC. The van der Waals surface area contributed by atoms with Crippen LogP contribution in [-0.4, -0.2) is 52.9 Å². The molecule has 0 aromatic rings. The zero-order valence-corrected chi connectivity index (χ0v) is 26.3. The summed E-state index contributed by atoms with van der Waals surface area (Å²) in [5.41, 5.74) is 0. The van der Waals surface area contributed by atoms with Gasteiger partial charge in [-0.25, -0.2) is 0 Å². The smallest absolute Gasteiger partial charge is 0.0701 e. The van der Waals surface area contributed by atoms with E-state index in [9.17, 15) is 0 Å². The molecule has 0 aliphatic heterocycles. The van der Waals surface area contributed by atoms with Crippen LogP contribution in [0.15, 0.2) is 0 Å². The van der Waals surface area contributed by atoms with Gasteiger partial charge in [0.25, 0.3) is 0 Å². The van der Waals surface area contributed by atoms with E-state index in [0.717, 1.165) is 13.2 Å². The van der Waals surface area contributed by atoms with Crippen LogP contribution < -0.4 is 0 Å². The van der Waals surface area contributed by atoms with E-state index in [1.54, 1.807) is 0 Å². The summed E-state index contributed by atoms with van der Waals surface area (Å²) in [5, 5.41) is 0. The highest BCUT2D eigenvalue weighted by Gasteiger charge is 1.97. The molecule has 38 heavy (non-hydrogen) atoms. The van der Waals surface area contributed by atoms with E-state index in [0.29, 0.717) is 39.6 Å². The van der Waals surface area contributed by atoms with Crippen molar-refractivity contribution in [1.82, 2.24) is 0 Å².